The smallest absolute Gasteiger partial charge is 0.263 e. The average molecular weight is 353 g/mol. The number of nitrogens with two attached hydrogens (primary N) is 1. The molecule has 0 aliphatic carbocycles. The van der Waals surface area contributed by atoms with Crippen molar-refractivity contribution in [1.29, 1.82) is 0 Å². The Bertz CT molecular complexity index is 768. The predicted octanol–water partition coefficient (Wildman–Crippen LogP) is 3.25. The van der Waals surface area contributed by atoms with Gasteiger partial charge in [0.05, 0.1) is 5.02 Å². The fourth-order valence-electron chi connectivity index (χ4n) is 1.72. The van der Waals surface area contributed by atoms with Gasteiger partial charge in [-0.1, -0.05) is 11.6 Å². The van der Waals surface area contributed by atoms with Gasteiger partial charge >= 0.3 is 0 Å². The van der Waals surface area contributed by atoms with Crippen LogP contribution < -0.4 is 10.5 Å². The fraction of sp³-hybridized carbons (Fsp3) is 0.167. The van der Waals surface area contributed by atoms with Gasteiger partial charge in [-0.05, 0) is 19.1 Å². The molecule has 1 aromatic heterocycles. The fourth-order valence-corrected chi connectivity index (χ4v) is 4.62. The van der Waals surface area contributed by atoms with Crippen LogP contribution in [0.2, 0.25) is 5.02 Å². The lowest BCUT2D eigenvalue weighted by Crippen LogP contribution is -2.14. The maximum absolute atomic E-state index is 13.7. The predicted molar refractivity (Wildman–Crippen MR) is 79.1 cm³/mol. The highest BCUT2D eigenvalue weighted by Crippen LogP contribution is 2.31. The van der Waals surface area contributed by atoms with E-state index >= 15 is 0 Å². The van der Waals surface area contributed by atoms with Crippen molar-refractivity contribution in [3.05, 3.63) is 44.6 Å². The van der Waals surface area contributed by atoms with E-state index in [4.69, 9.17) is 17.3 Å². The van der Waals surface area contributed by atoms with Crippen LogP contribution in [0.25, 0.3) is 0 Å². The summed E-state index contributed by atoms with van der Waals surface area (Å²) in [7, 11) is -4.03. The van der Waals surface area contributed by atoms with Crippen LogP contribution in [0.1, 0.15) is 9.75 Å². The molecule has 114 valence electrons. The molecule has 0 aliphatic heterocycles. The minimum atomic E-state index is -4.03. The summed E-state index contributed by atoms with van der Waals surface area (Å²) in [6, 6.07) is 2.79. The standard InChI is InChI=1S/C12H11ClF2N2O2S2/c1-6-11(4-8(5-16)20-6)21(18,19)17-12-9(13)2-7(14)3-10(12)15/h2-4,17H,5,16H2,1H3. The molecule has 0 bridgehead atoms. The zero-order valence-corrected chi connectivity index (χ0v) is 13.2. The minimum Gasteiger partial charge on any atom is -0.326 e. The minimum absolute atomic E-state index is 0.00672. The SMILES string of the molecule is Cc1sc(CN)cc1S(=O)(=O)Nc1c(F)cc(F)cc1Cl. The van der Waals surface area contributed by atoms with E-state index in [9.17, 15) is 17.2 Å². The number of benzene rings is 1. The van der Waals surface area contributed by atoms with Crippen LogP contribution in [0, 0.1) is 18.6 Å². The summed E-state index contributed by atoms with van der Waals surface area (Å²) in [4.78, 5) is 1.19. The largest absolute Gasteiger partial charge is 0.326 e. The van der Waals surface area contributed by atoms with Gasteiger partial charge < -0.3 is 5.73 Å². The Morgan fingerprint density at radius 2 is 2.00 bits per heavy atom. The van der Waals surface area contributed by atoms with E-state index in [1.165, 1.54) is 17.4 Å². The molecule has 2 rings (SSSR count). The molecule has 0 spiro atoms. The summed E-state index contributed by atoms with van der Waals surface area (Å²) in [5.74, 6) is -1.98. The molecule has 3 N–H and O–H groups in total. The molecule has 21 heavy (non-hydrogen) atoms. The Morgan fingerprint density at radius 1 is 1.33 bits per heavy atom. The van der Waals surface area contributed by atoms with Gasteiger partial charge in [0, 0.05) is 22.4 Å². The van der Waals surface area contributed by atoms with Crippen molar-refractivity contribution in [2.75, 3.05) is 4.72 Å². The van der Waals surface area contributed by atoms with Crippen LogP contribution in [0.3, 0.4) is 0 Å². The first-order valence-corrected chi connectivity index (χ1v) is 8.39. The molecule has 0 aliphatic rings. The molecule has 1 aromatic carbocycles. The maximum Gasteiger partial charge on any atom is 0.263 e. The van der Waals surface area contributed by atoms with Gasteiger partial charge in [-0.3, -0.25) is 4.72 Å². The van der Waals surface area contributed by atoms with Crippen molar-refractivity contribution in [2.24, 2.45) is 5.73 Å². The van der Waals surface area contributed by atoms with Gasteiger partial charge in [-0.15, -0.1) is 11.3 Å². The van der Waals surface area contributed by atoms with E-state index in [0.717, 1.165) is 6.07 Å². The number of aryl methyl sites for hydroxylation is 1. The van der Waals surface area contributed by atoms with E-state index in [1.807, 2.05) is 4.72 Å². The number of hydrogen-bond acceptors (Lipinski definition) is 4. The summed E-state index contributed by atoms with van der Waals surface area (Å²) < 4.78 is 53.2. The quantitative estimate of drug-likeness (QED) is 0.887. The Hall–Kier alpha value is -1.22. The summed E-state index contributed by atoms with van der Waals surface area (Å²) in [5.41, 5.74) is 4.98. The van der Waals surface area contributed by atoms with Crippen LogP contribution >= 0.6 is 22.9 Å². The van der Waals surface area contributed by atoms with Gasteiger partial charge in [0.1, 0.15) is 16.4 Å². The lowest BCUT2D eigenvalue weighted by molar-refractivity contribution is 0.583. The van der Waals surface area contributed by atoms with E-state index < -0.39 is 27.3 Å². The number of anilines is 1. The first-order chi connectivity index (χ1) is 9.74. The van der Waals surface area contributed by atoms with Crippen LogP contribution in [0.5, 0.6) is 0 Å². The third-order valence-corrected chi connectivity index (χ3v) is 5.63. The summed E-state index contributed by atoms with van der Waals surface area (Å²) in [5, 5.41) is -0.358. The molecule has 4 nitrogen and oxygen atoms in total. The first kappa shape index (κ1) is 16.2. The molecule has 0 unspecified atom stereocenters. The molecule has 0 saturated carbocycles. The highest BCUT2D eigenvalue weighted by Gasteiger charge is 2.23. The second-order valence-electron chi connectivity index (χ2n) is 4.19. The van der Waals surface area contributed by atoms with E-state index in [-0.39, 0.29) is 16.5 Å². The van der Waals surface area contributed by atoms with Crippen LogP contribution in [-0.2, 0) is 16.6 Å². The average Bonchev–Trinajstić information content (AvgIpc) is 2.76. The third-order valence-electron chi connectivity index (χ3n) is 2.66. The van der Waals surface area contributed by atoms with Crippen LogP contribution in [0.4, 0.5) is 14.5 Å². The second-order valence-corrected chi connectivity index (χ2v) is 7.59. The van der Waals surface area contributed by atoms with Crippen molar-refractivity contribution in [1.82, 2.24) is 0 Å². The molecular weight excluding hydrogens is 342 g/mol. The highest BCUT2D eigenvalue weighted by molar-refractivity contribution is 7.93. The Labute approximate surface area is 129 Å². The van der Waals surface area contributed by atoms with Crippen molar-refractivity contribution in [3.63, 3.8) is 0 Å². The van der Waals surface area contributed by atoms with Crippen molar-refractivity contribution < 1.29 is 17.2 Å². The Morgan fingerprint density at radius 3 is 2.52 bits per heavy atom. The molecule has 9 heteroatoms. The zero-order valence-electron chi connectivity index (χ0n) is 10.8. The Kier molecular flexibility index (Phi) is 4.52. The summed E-state index contributed by atoms with van der Waals surface area (Å²) in [6.45, 7) is 1.81. The number of sulfonamides is 1. The van der Waals surface area contributed by atoms with Crippen LogP contribution in [0.15, 0.2) is 23.1 Å². The van der Waals surface area contributed by atoms with Gasteiger partial charge in [-0.2, -0.15) is 0 Å². The van der Waals surface area contributed by atoms with E-state index in [2.05, 4.69) is 0 Å². The zero-order chi connectivity index (χ0) is 15.8. The molecule has 0 amide bonds. The van der Waals surface area contributed by atoms with Crippen LogP contribution in [-0.4, -0.2) is 8.42 Å². The lowest BCUT2D eigenvalue weighted by Gasteiger charge is -2.10. The first-order valence-electron chi connectivity index (χ1n) is 5.71. The number of nitrogens with one attached hydrogen (secondary N) is 1. The highest BCUT2D eigenvalue weighted by atomic mass is 35.5. The van der Waals surface area contributed by atoms with Gasteiger partial charge in [0.15, 0.2) is 5.82 Å². The number of halogens is 3. The normalized spacial score (nSPS) is 11.7. The van der Waals surface area contributed by atoms with Crippen molar-refractivity contribution in [3.8, 4) is 0 Å². The monoisotopic (exact) mass is 352 g/mol. The van der Waals surface area contributed by atoms with Crippen molar-refractivity contribution >= 4 is 38.6 Å². The van der Waals surface area contributed by atoms with E-state index in [0.29, 0.717) is 15.8 Å². The topological polar surface area (TPSA) is 72.2 Å². The number of thiophene rings is 1. The number of rotatable bonds is 4. The van der Waals surface area contributed by atoms with Crippen molar-refractivity contribution in [2.45, 2.75) is 18.4 Å². The Balaban J connectivity index is 2.44. The molecule has 1 heterocycles. The maximum atomic E-state index is 13.7. The van der Waals surface area contributed by atoms with Gasteiger partial charge in [0.2, 0.25) is 0 Å². The molecule has 0 radical (unpaired) electrons. The molecule has 0 atom stereocenters. The second kappa shape index (κ2) is 5.88. The third kappa shape index (κ3) is 3.34. The summed E-state index contributed by atoms with van der Waals surface area (Å²) >= 11 is 6.91. The van der Waals surface area contributed by atoms with E-state index in [1.54, 1.807) is 6.92 Å². The molecule has 0 saturated heterocycles. The number of hydrogen-bond donors (Lipinski definition) is 2. The van der Waals surface area contributed by atoms with Gasteiger partial charge in [0.25, 0.3) is 10.0 Å². The molecule has 0 fully saturated rings. The lowest BCUT2D eigenvalue weighted by atomic mass is 10.3. The molecular formula is C12H11ClF2N2O2S2. The van der Waals surface area contributed by atoms with Gasteiger partial charge in [-0.25, -0.2) is 17.2 Å². The molecule has 2 aromatic rings. The summed E-state index contributed by atoms with van der Waals surface area (Å²) in [6.07, 6.45) is 0.